The van der Waals surface area contributed by atoms with Crippen LogP contribution in [-0.2, 0) is 11.3 Å². The number of esters is 1. The maximum atomic E-state index is 12.4. The quantitative estimate of drug-likeness (QED) is 0.764. The molecule has 0 bridgehead atoms. The largest absolute Gasteiger partial charge is 0.496 e. The van der Waals surface area contributed by atoms with Gasteiger partial charge in [-0.15, -0.1) is 0 Å². The summed E-state index contributed by atoms with van der Waals surface area (Å²) in [6.07, 6.45) is 0. The molecule has 0 aliphatic heterocycles. The SMILES string of the molecule is COC(=O)c1cc(CNC(=O)c2ccccc2OC(F)F)ccc1OC. The second-order valence-corrected chi connectivity index (χ2v) is 5.08. The molecule has 0 radical (unpaired) electrons. The molecule has 0 unspecified atom stereocenters. The van der Waals surface area contributed by atoms with Crippen LogP contribution in [0, 0.1) is 0 Å². The van der Waals surface area contributed by atoms with Crippen LogP contribution in [0.4, 0.5) is 8.78 Å². The van der Waals surface area contributed by atoms with Crippen molar-refractivity contribution >= 4 is 11.9 Å². The molecule has 0 aliphatic rings. The van der Waals surface area contributed by atoms with Crippen molar-refractivity contribution in [3.8, 4) is 11.5 Å². The van der Waals surface area contributed by atoms with Crippen LogP contribution in [0.25, 0.3) is 0 Å². The van der Waals surface area contributed by atoms with Crippen LogP contribution in [0.2, 0.25) is 0 Å². The van der Waals surface area contributed by atoms with Crippen molar-refractivity contribution in [2.45, 2.75) is 13.2 Å². The van der Waals surface area contributed by atoms with E-state index in [1.807, 2.05) is 0 Å². The van der Waals surface area contributed by atoms with Crippen LogP contribution in [0.1, 0.15) is 26.3 Å². The van der Waals surface area contributed by atoms with Gasteiger partial charge < -0.3 is 19.5 Å². The van der Waals surface area contributed by atoms with Crippen LogP contribution < -0.4 is 14.8 Å². The van der Waals surface area contributed by atoms with Crippen molar-refractivity contribution in [3.05, 3.63) is 59.2 Å². The fourth-order valence-electron chi connectivity index (χ4n) is 2.27. The highest BCUT2D eigenvalue weighted by Crippen LogP contribution is 2.22. The summed E-state index contributed by atoms with van der Waals surface area (Å²) in [5, 5.41) is 2.59. The molecule has 8 heteroatoms. The molecule has 0 spiro atoms. The molecule has 0 aromatic heterocycles. The molecule has 1 amide bonds. The van der Waals surface area contributed by atoms with E-state index in [0.29, 0.717) is 11.3 Å². The first-order valence-corrected chi connectivity index (χ1v) is 7.53. The van der Waals surface area contributed by atoms with Crippen LogP contribution in [0.5, 0.6) is 11.5 Å². The Morgan fingerprint density at radius 2 is 1.77 bits per heavy atom. The summed E-state index contributed by atoms with van der Waals surface area (Å²) in [6, 6.07) is 10.4. The van der Waals surface area contributed by atoms with E-state index in [0.717, 1.165) is 0 Å². The highest BCUT2D eigenvalue weighted by molar-refractivity contribution is 5.97. The van der Waals surface area contributed by atoms with E-state index in [1.165, 1.54) is 44.6 Å². The number of carbonyl (C=O) groups excluding carboxylic acids is 2. The Morgan fingerprint density at radius 3 is 2.42 bits per heavy atom. The third kappa shape index (κ3) is 4.69. The lowest BCUT2D eigenvalue weighted by atomic mass is 10.1. The lowest BCUT2D eigenvalue weighted by molar-refractivity contribution is -0.0501. The summed E-state index contributed by atoms with van der Waals surface area (Å²) in [5.74, 6) is -1.05. The van der Waals surface area contributed by atoms with Gasteiger partial charge in [-0.25, -0.2) is 4.79 Å². The van der Waals surface area contributed by atoms with Gasteiger partial charge >= 0.3 is 12.6 Å². The first kappa shape index (κ1) is 19.2. The smallest absolute Gasteiger partial charge is 0.387 e. The molecular formula is C18H17F2NO5. The minimum atomic E-state index is -3.03. The summed E-state index contributed by atoms with van der Waals surface area (Å²) in [6.45, 7) is -2.97. The first-order valence-electron chi connectivity index (χ1n) is 7.53. The highest BCUT2D eigenvalue weighted by Gasteiger charge is 2.16. The molecule has 0 fully saturated rings. The van der Waals surface area contributed by atoms with Crippen LogP contribution in [-0.4, -0.2) is 32.7 Å². The maximum Gasteiger partial charge on any atom is 0.387 e. The number of halogens is 2. The predicted molar refractivity (Wildman–Crippen MR) is 88.6 cm³/mol. The maximum absolute atomic E-state index is 12.4. The fraction of sp³-hybridized carbons (Fsp3) is 0.222. The summed E-state index contributed by atoms with van der Waals surface area (Å²) in [7, 11) is 2.67. The van der Waals surface area contributed by atoms with Gasteiger partial charge in [-0.3, -0.25) is 4.79 Å². The summed E-state index contributed by atoms with van der Waals surface area (Å²) in [4.78, 5) is 24.0. The van der Waals surface area contributed by atoms with Crippen LogP contribution >= 0.6 is 0 Å². The zero-order chi connectivity index (χ0) is 19.1. The molecule has 0 heterocycles. The van der Waals surface area contributed by atoms with Gasteiger partial charge in [0.05, 0.1) is 19.8 Å². The van der Waals surface area contributed by atoms with E-state index in [2.05, 4.69) is 14.8 Å². The van der Waals surface area contributed by atoms with E-state index in [-0.39, 0.29) is 23.4 Å². The van der Waals surface area contributed by atoms with E-state index in [4.69, 9.17) is 4.74 Å². The van der Waals surface area contributed by atoms with Crippen molar-refractivity contribution in [1.29, 1.82) is 0 Å². The third-order valence-corrected chi connectivity index (χ3v) is 3.47. The summed E-state index contributed by atoms with van der Waals surface area (Å²) >= 11 is 0. The topological polar surface area (TPSA) is 73.9 Å². The van der Waals surface area contributed by atoms with Gasteiger partial charge in [-0.05, 0) is 29.8 Å². The van der Waals surface area contributed by atoms with E-state index < -0.39 is 18.5 Å². The number of ether oxygens (including phenoxy) is 3. The standard InChI is InChI=1S/C18H17F2NO5/c1-24-14-8-7-11(9-13(14)17(23)25-2)10-21-16(22)12-5-3-4-6-15(12)26-18(19)20/h3-9,18H,10H2,1-2H3,(H,21,22). The predicted octanol–water partition coefficient (Wildman–Crippen LogP) is 3.01. The number of amides is 1. The molecule has 26 heavy (non-hydrogen) atoms. The Balaban J connectivity index is 2.14. The molecule has 0 atom stereocenters. The number of hydrogen-bond acceptors (Lipinski definition) is 5. The average molecular weight is 365 g/mol. The second-order valence-electron chi connectivity index (χ2n) is 5.08. The number of hydrogen-bond donors (Lipinski definition) is 1. The molecule has 0 aliphatic carbocycles. The number of para-hydroxylation sites is 1. The second kappa shape index (κ2) is 8.80. The highest BCUT2D eigenvalue weighted by atomic mass is 19.3. The molecule has 1 N–H and O–H groups in total. The Hall–Kier alpha value is -3.16. The average Bonchev–Trinajstić information content (AvgIpc) is 2.65. The van der Waals surface area contributed by atoms with Crippen molar-refractivity contribution in [3.63, 3.8) is 0 Å². The van der Waals surface area contributed by atoms with E-state index in [1.54, 1.807) is 12.1 Å². The van der Waals surface area contributed by atoms with Crippen molar-refractivity contribution in [2.75, 3.05) is 14.2 Å². The van der Waals surface area contributed by atoms with Crippen LogP contribution in [0.15, 0.2) is 42.5 Å². The Kier molecular flexibility index (Phi) is 6.48. The molecule has 2 aromatic rings. The number of nitrogens with one attached hydrogen (secondary N) is 1. The Morgan fingerprint density at radius 1 is 1.04 bits per heavy atom. The molecule has 6 nitrogen and oxygen atoms in total. The number of methoxy groups -OCH3 is 2. The van der Waals surface area contributed by atoms with E-state index in [9.17, 15) is 18.4 Å². The number of benzene rings is 2. The molecule has 2 rings (SSSR count). The number of rotatable bonds is 7. The fourth-order valence-corrected chi connectivity index (χ4v) is 2.27. The molecule has 138 valence electrons. The lowest BCUT2D eigenvalue weighted by Gasteiger charge is -2.12. The monoisotopic (exact) mass is 365 g/mol. The minimum absolute atomic E-state index is 0.0190. The first-order chi connectivity index (χ1) is 12.5. The van der Waals surface area contributed by atoms with Gasteiger partial charge in [0, 0.05) is 6.54 Å². The third-order valence-electron chi connectivity index (χ3n) is 3.47. The number of alkyl halides is 2. The molecule has 0 saturated carbocycles. The minimum Gasteiger partial charge on any atom is -0.496 e. The van der Waals surface area contributed by atoms with Crippen molar-refractivity contribution < 1.29 is 32.6 Å². The van der Waals surface area contributed by atoms with Gasteiger partial charge in [0.2, 0.25) is 0 Å². The molecule has 0 saturated heterocycles. The van der Waals surface area contributed by atoms with Gasteiger partial charge in [0.15, 0.2) is 0 Å². The molecular weight excluding hydrogens is 348 g/mol. The summed E-state index contributed by atoms with van der Waals surface area (Å²) in [5.41, 5.74) is 0.796. The van der Waals surface area contributed by atoms with Gasteiger partial charge in [-0.1, -0.05) is 18.2 Å². The van der Waals surface area contributed by atoms with Crippen molar-refractivity contribution in [2.24, 2.45) is 0 Å². The van der Waals surface area contributed by atoms with Crippen LogP contribution in [0.3, 0.4) is 0 Å². The van der Waals surface area contributed by atoms with Crippen molar-refractivity contribution in [1.82, 2.24) is 5.32 Å². The zero-order valence-corrected chi connectivity index (χ0v) is 14.1. The molecule has 2 aromatic carbocycles. The van der Waals surface area contributed by atoms with Gasteiger partial charge in [0.25, 0.3) is 5.91 Å². The Bertz CT molecular complexity index is 795. The van der Waals surface area contributed by atoms with E-state index >= 15 is 0 Å². The van der Waals surface area contributed by atoms with Gasteiger partial charge in [0.1, 0.15) is 17.1 Å². The zero-order valence-electron chi connectivity index (χ0n) is 14.1. The Labute approximate surface area is 148 Å². The van der Waals surface area contributed by atoms with Gasteiger partial charge in [-0.2, -0.15) is 8.78 Å². The lowest BCUT2D eigenvalue weighted by Crippen LogP contribution is -2.24. The normalized spacial score (nSPS) is 10.3. The number of carbonyl (C=O) groups is 2. The summed E-state index contributed by atoms with van der Waals surface area (Å²) < 4.78 is 39.0.